The Balaban J connectivity index is 0.000000943. The fourth-order valence-corrected chi connectivity index (χ4v) is 25.4. The van der Waals surface area contributed by atoms with E-state index in [1.165, 1.54) is 104 Å². The monoisotopic (exact) mass is 3330 g/mol. The highest BCUT2D eigenvalue weighted by Crippen LogP contribution is 2.55. The van der Waals surface area contributed by atoms with Crippen LogP contribution in [0.3, 0.4) is 0 Å². The van der Waals surface area contributed by atoms with Crippen LogP contribution in [0.4, 0.5) is 154 Å². The van der Waals surface area contributed by atoms with Gasteiger partial charge >= 0.3 is 126 Å². The molecule has 5 aromatic carbocycles. The summed E-state index contributed by atoms with van der Waals surface area (Å²) in [4.78, 5) is 121. The van der Waals surface area contributed by atoms with E-state index in [1.807, 2.05) is 0 Å². The molecule has 0 aliphatic carbocycles. The number of carbonyl (C=O) groups is 10. The zero-order valence-electron chi connectivity index (χ0n) is 72.9. The molecule has 5 aromatic rings. The van der Waals surface area contributed by atoms with Gasteiger partial charge in [-0.1, -0.05) is 0 Å². The molecule has 37 nitrogen and oxygen atoms in total. The van der Waals surface area contributed by atoms with Gasteiger partial charge < -0.3 is 81.1 Å². The van der Waals surface area contributed by atoms with Crippen molar-refractivity contribution in [1.29, 1.82) is 0 Å². The van der Waals surface area contributed by atoms with Crippen LogP contribution >= 0.6 is 203 Å². The third-order valence-corrected chi connectivity index (χ3v) is 29.6. The molecule has 0 spiro atoms. The van der Waals surface area contributed by atoms with Crippen LogP contribution in [-0.4, -0.2) is 271 Å². The number of nitrogens with zero attached hydrogens (tertiary/aromatic N) is 2. The fraction of sp³-hybridized carbons (Fsp3) is 0.420. The number of esters is 6. The Hall–Kier alpha value is -5.58. The van der Waals surface area contributed by atoms with Gasteiger partial charge in [-0.25, -0.2) is 66.1 Å². The van der Waals surface area contributed by atoms with Gasteiger partial charge in [0.25, 0.3) is 0 Å². The molecule has 0 heterocycles. The van der Waals surface area contributed by atoms with Gasteiger partial charge in [0.2, 0.25) is 23.6 Å². The van der Waals surface area contributed by atoms with Gasteiger partial charge in [0.15, 0.2) is 0 Å². The van der Waals surface area contributed by atoms with Crippen molar-refractivity contribution in [3.05, 3.63) is 115 Å². The predicted octanol–water partition coefficient (Wildman–Crippen LogP) is 16.5. The Labute approximate surface area is 942 Å². The molecule has 0 aromatic heterocycles. The zero-order valence-corrected chi connectivity index (χ0v) is 96.4. The Bertz CT molecular complexity index is 6340. The third-order valence-electron chi connectivity index (χ3n) is 17.2. The molecule has 0 aliphatic heterocycles. The lowest BCUT2D eigenvalue weighted by atomic mass is 10.0. The van der Waals surface area contributed by atoms with Gasteiger partial charge in [-0.05, 0) is 258 Å². The highest BCUT2D eigenvalue weighted by Gasteiger charge is 2.80. The first kappa shape index (κ1) is 142. The summed E-state index contributed by atoms with van der Waals surface area (Å²) in [6, 6.07) is 8.59. The second-order valence-electron chi connectivity index (χ2n) is 28.1. The molecule has 0 unspecified atom stereocenters. The molecule has 0 aliphatic rings. The maximum absolute atomic E-state index is 13.6. The zero-order chi connectivity index (χ0) is 119. The van der Waals surface area contributed by atoms with Gasteiger partial charge in [0, 0.05) is 55.9 Å². The second-order valence-corrected chi connectivity index (χ2v) is 45.2. The second kappa shape index (κ2) is 51.6. The van der Waals surface area contributed by atoms with Crippen molar-refractivity contribution in [1.82, 2.24) is 0 Å². The Morgan fingerprint density at radius 3 is 0.747 bits per heavy atom. The summed E-state index contributed by atoms with van der Waals surface area (Å²) >= 11 is 13.8. The van der Waals surface area contributed by atoms with Gasteiger partial charge in [-0.15, -0.1) is 0 Å². The first-order valence-electron chi connectivity index (χ1n) is 36.0. The summed E-state index contributed by atoms with van der Waals surface area (Å²) in [6.45, 7) is 5.02. The number of hydrogen-bond donors (Lipinski definition) is 2. The molecule has 0 radical (unpaired) electrons. The van der Waals surface area contributed by atoms with Crippen LogP contribution in [-0.2, 0) is 98.2 Å². The van der Waals surface area contributed by atoms with Crippen molar-refractivity contribution in [2.75, 3.05) is 77.5 Å². The molecule has 850 valence electrons. The number of amides is 4. The van der Waals surface area contributed by atoms with Crippen molar-refractivity contribution in [3.63, 3.8) is 0 Å². The number of hydrogen-bond acceptors (Lipinski definition) is 33. The van der Waals surface area contributed by atoms with E-state index in [-0.39, 0.29) is 53.5 Å². The minimum absolute atomic E-state index is 0.0545. The highest BCUT2D eigenvalue weighted by molar-refractivity contribution is 14.1. The van der Waals surface area contributed by atoms with Crippen molar-refractivity contribution < 1.29 is 282 Å². The molecule has 2 N–H and O–H groups in total. The van der Waals surface area contributed by atoms with Gasteiger partial charge in [-0.2, -0.15) is 132 Å². The molecule has 0 saturated heterocycles. The summed E-state index contributed by atoms with van der Waals surface area (Å²) in [6.07, 6.45) is -65.0. The molecule has 0 saturated carbocycles. The standard InChI is InChI=1S/2C16H13F6I3N2O7S.C13H9F6IO7S.2C12H9F6IO6S/c2*1-5(28)26-11-8(23)7(9(24)12(10(11)25)27(3)6(2)29)13(30)34-14(15(17,18)19,16(20,21)22)4-35(31,32)33;1-6(21)26-9-4-7(20)2-3-8(9)10(22)27-11(12(14,15)16,13(17,18)19)5-28(23,24)25;1-24-8-4-6(19)2-3-7(8)9(20)25-10(11(13,14)15,12(16,17)18)5-26(21,22)23;1-24-8-4-6(2-3-7(8)19)9(20)25-10(11(13,14)15,12(16,17)18)5-26(21,22)23/h2*4H2,1-3H3,(H,26,28)(H,31,32,33);2-4H,5H2,1H3,(H,23,24,25);2*2-4H,5H2,1H3,(H,21,22,23)/p-5. The Morgan fingerprint density at radius 2 is 0.533 bits per heavy atom. The Morgan fingerprint density at radius 1 is 0.307 bits per heavy atom. The summed E-state index contributed by atoms with van der Waals surface area (Å²) in [7, 11) is -26.3. The van der Waals surface area contributed by atoms with E-state index in [1.54, 1.807) is 113 Å². The number of halogens is 39. The highest BCUT2D eigenvalue weighted by atomic mass is 127. The molecule has 0 bridgehead atoms. The summed E-state index contributed by atoms with van der Waals surface area (Å²) in [5, 5.41) is 4.53. The average molecular weight is 3330 g/mol. The van der Waals surface area contributed by atoms with E-state index in [0.717, 1.165) is 107 Å². The smallest absolute Gasteiger partial charge is 0.438 e. The molecule has 4 amide bonds. The van der Waals surface area contributed by atoms with E-state index in [2.05, 4.69) is 43.8 Å². The average Bonchev–Trinajstić information content (AvgIpc) is 0.735. The molecular weight excluding hydrogens is 3290 g/mol. The lowest BCUT2D eigenvalue weighted by Crippen LogP contribution is -2.63. The van der Waals surface area contributed by atoms with Crippen LogP contribution in [0.5, 0.6) is 17.2 Å². The van der Waals surface area contributed by atoms with E-state index >= 15 is 0 Å². The molecule has 0 atom stereocenters. The topological polar surface area (TPSA) is 561 Å². The maximum Gasteiger partial charge on any atom is 0.438 e. The first-order chi connectivity index (χ1) is 66.4. The quantitative estimate of drug-likeness (QED) is 0.0123. The van der Waals surface area contributed by atoms with Crippen LogP contribution in [0.1, 0.15) is 86.4 Å². The minimum atomic E-state index is -6.57. The number of carbonyl (C=O) groups excluding carboxylic acids is 10. The van der Waals surface area contributed by atoms with Crippen molar-refractivity contribution in [2.24, 2.45) is 0 Å². The van der Waals surface area contributed by atoms with Gasteiger partial charge in [0.05, 0.1) is 158 Å². The number of rotatable bonds is 27. The number of ether oxygens (including phenoxy) is 8. The molecular formula is C69H48F30I9N4O33S5-5. The van der Waals surface area contributed by atoms with Gasteiger partial charge in [-0.3, -0.25) is 24.0 Å². The third kappa shape index (κ3) is 36.7. The summed E-state index contributed by atoms with van der Waals surface area (Å²) in [5.41, 5.74) is -33.4. The SMILES string of the molecule is CC(=O)Nc1c(I)c(C(=O)OC(CS(=O)(=O)[O-])(C(F)(F)F)C(F)(F)F)c(I)c(N(C)C(C)=O)c1I.CC(=O)Nc1c(I)c(C(=O)OC(CS(=O)(=O)[O-])(C(F)(F)F)C(F)(F)F)c(I)c(N(C)C(C)=O)c1I.CC(=O)Oc1cc(I)ccc1C(=O)OC(CS(=O)(=O)[O-])(C(F)(F)F)C(F)(F)F.COc1cc(C(=O)OC(CS(=O)(=O)[O-])(C(F)(F)F)C(F)(F)F)ccc1I.COc1cc(I)ccc1C(=O)OC(CS(=O)(=O)[O-])(C(F)(F)F)C(F)(F)F. The molecule has 150 heavy (non-hydrogen) atoms. The van der Waals surface area contributed by atoms with E-state index in [4.69, 9.17) is 4.74 Å². The largest absolute Gasteiger partial charge is 0.748 e. The number of benzene rings is 5. The lowest BCUT2D eigenvalue weighted by molar-refractivity contribution is -0.357. The number of methoxy groups -OCH3 is 2. The number of anilines is 4. The molecule has 81 heteroatoms. The van der Waals surface area contributed by atoms with Crippen molar-refractivity contribution >= 4 is 336 Å². The normalized spacial score (nSPS) is 13.1. The minimum Gasteiger partial charge on any atom is -0.748 e. The van der Waals surface area contributed by atoms with E-state index < -0.39 is 268 Å². The predicted molar refractivity (Wildman–Crippen MR) is 512 cm³/mol. The van der Waals surface area contributed by atoms with Crippen LogP contribution in [0.25, 0.3) is 0 Å². The van der Waals surface area contributed by atoms with Crippen LogP contribution in [0.15, 0.2) is 54.6 Å². The van der Waals surface area contributed by atoms with E-state index in [0.29, 0.717) is 13.2 Å². The van der Waals surface area contributed by atoms with Crippen LogP contribution < -0.4 is 34.6 Å². The van der Waals surface area contributed by atoms with Gasteiger partial charge in [0.1, 0.15) is 28.4 Å². The number of nitrogens with one attached hydrogen (secondary N) is 2. The van der Waals surface area contributed by atoms with E-state index in [9.17, 15) is 245 Å². The van der Waals surface area contributed by atoms with Crippen molar-refractivity contribution in [2.45, 2.75) is 124 Å². The summed E-state index contributed by atoms with van der Waals surface area (Å²) in [5.74, 6) is -31.9. The van der Waals surface area contributed by atoms with Crippen LogP contribution in [0, 0.1) is 32.1 Å². The fourth-order valence-electron chi connectivity index (χ4n) is 10.3. The molecule has 0 fully saturated rings. The van der Waals surface area contributed by atoms with Crippen LogP contribution in [0.2, 0.25) is 0 Å². The lowest BCUT2D eigenvalue weighted by Gasteiger charge is -2.37. The molecule has 5 rings (SSSR count). The first-order valence-corrected chi connectivity index (χ1v) is 53.6. The maximum atomic E-state index is 13.6. The Kier molecular flexibility index (Phi) is 49.0. The number of alkyl halides is 30. The van der Waals surface area contributed by atoms with Crippen molar-refractivity contribution in [3.8, 4) is 17.2 Å². The summed E-state index contributed by atoms with van der Waals surface area (Å²) < 4.78 is 593.